The van der Waals surface area contributed by atoms with Gasteiger partial charge in [0.25, 0.3) is 5.91 Å². The normalized spacial score (nSPS) is 10.3. The molecule has 0 bridgehead atoms. The summed E-state index contributed by atoms with van der Waals surface area (Å²) in [6.07, 6.45) is 2.90. The van der Waals surface area contributed by atoms with Crippen LogP contribution in [0.2, 0.25) is 0 Å². The number of hydrogen-bond donors (Lipinski definition) is 2. The second-order valence-corrected chi connectivity index (χ2v) is 5.31. The highest BCUT2D eigenvalue weighted by molar-refractivity contribution is 6.04. The molecule has 7 nitrogen and oxygen atoms in total. The molecule has 0 aliphatic heterocycles. The Morgan fingerprint density at radius 3 is 2.76 bits per heavy atom. The van der Waals surface area contributed by atoms with Crippen molar-refractivity contribution < 1.29 is 14.0 Å². The minimum Gasteiger partial charge on any atom is -0.467 e. The molecule has 3 aromatic rings. The smallest absolute Gasteiger partial charge is 0.274 e. The Kier molecular flexibility index (Phi) is 4.84. The molecule has 0 aliphatic carbocycles. The Bertz CT molecular complexity index is 891. The van der Waals surface area contributed by atoms with E-state index in [9.17, 15) is 9.59 Å². The lowest BCUT2D eigenvalue weighted by molar-refractivity contribution is 0.100. The molecule has 0 spiro atoms. The zero-order valence-corrected chi connectivity index (χ0v) is 13.5. The van der Waals surface area contributed by atoms with Gasteiger partial charge in [0.05, 0.1) is 12.8 Å². The van der Waals surface area contributed by atoms with Crippen molar-refractivity contribution in [1.82, 2.24) is 9.97 Å². The number of carbonyl (C=O) groups is 2. The van der Waals surface area contributed by atoms with Crippen molar-refractivity contribution >= 4 is 23.2 Å². The van der Waals surface area contributed by atoms with E-state index in [2.05, 4.69) is 20.6 Å². The van der Waals surface area contributed by atoms with E-state index in [-0.39, 0.29) is 17.4 Å². The lowest BCUT2D eigenvalue weighted by Gasteiger charge is -2.07. The fraction of sp³-hybridized carbons (Fsp3) is 0.111. The van der Waals surface area contributed by atoms with Crippen molar-refractivity contribution in [2.75, 3.05) is 10.6 Å². The standard InChI is InChI=1S/C18H16N4O3/c1-12(23)13-4-2-5-14(8-13)22-18(24)16-9-17(21-11-20-16)19-10-15-6-3-7-25-15/h2-9,11H,10H2,1H3,(H,22,24)(H,19,20,21). The van der Waals surface area contributed by atoms with E-state index in [1.54, 1.807) is 42.7 Å². The van der Waals surface area contributed by atoms with E-state index in [0.717, 1.165) is 5.76 Å². The zero-order valence-electron chi connectivity index (χ0n) is 13.5. The third kappa shape index (κ3) is 4.29. The molecule has 0 radical (unpaired) electrons. The van der Waals surface area contributed by atoms with Gasteiger partial charge < -0.3 is 15.1 Å². The van der Waals surface area contributed by atoms with Gasteiger partial charge in [0.2, 0.25) is 0 Å². The lowest BCUT2D eigenvalue weighted by Crippen LogP contribution is -2.15. The summed E-state index contributed by atoms with van der Waals surface area (Å²) in [4.78, 5) is 31.8. The van der Waals surface area contributed by atoms with E-state index >= 15 is 0 Å². The molecule has 0 fully saturated rings. The molecule has 0 atom stereocenters. The molecule has 1 aromatic carbocycles. The fourth-order valence-corrected chi connectivity index (χ4v) is 2.18. The Labute approximate surface area is 144 Å². The van der Waals surface area contributed by atoms with Gasteiger partial charge in [-0.1, -0.05) is 12.1 Å². The number of amides is 1. The molecule has 2 N–H and O–H groups in total. The topological polar surface area (TPSA) is 97.1 Å². The van der Waals surface area contributed by atoms with Crippen LogP contribution in [0.1, 0.15) is 33.5 Å². The minimum atomic E-state index is -0.385. The summed E-state index contributed by atoms with van der Waals surface area (Å²) in [6.45, 7) is 1.92. The fourth-order valence-electron chi connectivity index (χ4n) is 2.18. The molecule has 2 aromatic heterocycles. The van der Waals surface area contributed by atoms with Crippen molar-refractivity contribution in [2.24, 2.45) is 0 Å². The van der Waals surface area contributed by atoms with E-state index < -0.39 is 0 Å². The van der Waals surface area contributed by atoms with Crippen LogP contribution in [-0.2, 0) is 6.54 Å². The first-order valence-corrected chi connectivity index (χ1v) is 7.62. The van der Waals surface area contributed by atoms with Gasteiger partial charge in [-0.25, -0.2) is 9.97 Å². The zero-order chi connectivity index (χ0) is 17.6. The molecule has 0 unspecified atom stereocenters. The summed E-state index contributed by atoms with van der Waals surface area (Å²) in [6, 6.07) is 11.9. The van der Waals surface area contributed by atoms with E-state index in [0.29, 0.717) is 23.6 Å². The predicted molar refractivity (Wildman–Crippen MR) is 92.5 cm³/mol. The van der Waals surface area contributed by atoms with Gasteiger partial charge in [0.15, 0.2) is 5.78 Å². The molecule has 0 aliphatic rings. The molecule has 0 saturated carbocycles. The van der Waals surface area contributed by atoms with Crippen molar-refractivity contribution in [2.45, 2.75) is 13.5 Å². The van der Waals surface area contributed by atoms with Crippen LogP contribution in [0.3, 0.4) is 0 Å². The van der Waals surface area contributed by atoms with Crippen LogP contribution in [0, 0.1) is 0 Å². The van der Waals surface area contributed by atoms with Crippen molar-refractivity contribution in [3.63, 3.8) is 0 Å². The average Bonchev–Trinajstić information content (AvgIpc) is 3.14. The van der Waals surface area contributed by atoms with E-state index in [4.69, 9.17) is 4.42 Å². The number of Topliss-reactive ketones (excluding diaryl/α,β-unsaturated/α-hetero) is 1. The summed E-state index contributed by atoms with van der Waals surface area (Å²) in [5.74, 6) is 0.811. The Morgan fingerprint density at radius 2 is 2.00 bits per heavy atom. The number of carbonyl (C=O) groups excluding carboxylic acids is 2. The van der Waals surface area contributed by atoms with Crippen LogP contribution in [0.15, 0.2) is 59.5 Å². The number of benzene rings is 1. The van der Waals surface area contributed by atoms with Gasteiger partial charge in [0, 0.05) is 17.3 Å². The quantitative estimate of drug-likeness (QED) is 0.671. The van der Waals surface area contributed by atoms with Gasteiger partial charge in [0.1, 0.15) is 23.6 Å². The molecule has 1 amide bonds. The SMILES string of the molecule is CC(=O)c1cccc(NC(=O)c2cc(NCc3ccco3)ncn2)c1. The summed E-state index contributed by atoms with van der Waals surface area (Å²) in [5, 5.41) is 5.78. The largest absolute Gasteiger partial charge is 0.467 e. The van der Waals surface area contributed by atoms with Crippen LogP contribution >= 0.6 is 0 Å². The highest BCUT2D eigenvalue weighted by Gasteiger charge is 2.10. The molecule has 0 saturated heterocycles. The van der Waals surface area contributed by atoms with Crippen LogP contribution in [0.25, 0.3) is 0 Å². The number of furan rings is 1. The number of ketones is 1. The highest BCUT2D eigenvalue weighted by Crippen LogP contribution is 2.13. The summed E-state index contributed by atoms with van der Waals surface area (Å²) < 4.78 is 5.23. The number of rotatable bonds is 6. The molecule has 7 heteroatoms. The molecule has 126 valence electrons. The third-order valence-corrected chi connectivity index (χ3v) is 3.45. The van der Waals surface area contributed by atoms with Crippen LogP contribution in [0.5, 0.6) is 0 Å². The maximum Gasteiger partial charge on any atom is 0.274 e. The van der Waals surface area contributed by atoms with Crippen molar-refractivity contribution in [3.05, 3.63) is 72.1 Å². The first-order valence-electron chi connectivity index (χ1n) is 7.62. The average molecular weight is 336 g/mol. The molecular formula is C18H16N4O3. The lowest BCUT2D eigenvalue weighted by atomic mass is 10.1. The second-order valence-electron chi connectivity index (χ2n) is 5.31. The first kappa shape index (κ1) is 16.4. The number of nitrogens with zero attached hydrogens (tertiary/aromatic N) is 2. The summed E-state index contributed by atoms with van der Waals surface area (Å²) >= 11 is 0. The number of anilines is 2. The van der Waals surface area contributed by atoms with Crippen LogP contribution in [-0.4, -0.2) is 21.7 Å². The van der Waals surface area contributed by atoms with Gasteiger partial charge >= 0.3 is 0 Å². The Morgan fingerprint density at radius 1 is 1.12 bits per heavy atom. The van der Waals surface area contributed by atoms with E-state index in [1.165, 1.54) is 13.3 Å². The van der Waals surface area contributed by atoms with Crippen LogP contribution < -0.4 is 10.6 Å². The maximum atomic E-state index is 12.3. The van der Waals surface area contributed by atoms with Gasteiger partial charge in [-0.2, -0.15) is 0 Å². The summed E-state index contributed by atoms with van der Waals surface area (Å²) in [7, 11) is 0. The maximum absolute atomic E-state index is 12.3. The molecule has 2 heterocycles. The number of aromatic nitrogens is 2. The number of nitrogens with one attached hydrogen (secondary N) is 2. The minimum absolute atomic E-state index is 0.0671. The second kappa shape index (κ2) is 7.39. The predicted octanol–water partition coefficient (Wildman–Crippen LogP) is 3.14. The Hall–Kier alpha value is -3.48. The molecular weight excluding hydrogens is 320 g/mol. The van der Waals surface area contributed by atoms with Crippen molar-refractivity contribution in [3.8, 4) is 0 Å². The number of hydrogen-bond acceptors (Lipinski definition) is 6. The van der Waals surface area contributed by atoms with Gasteiger partial charge in [-0.15, -0.1) is 0 Å². The van der Waals surface area contributed by atoms with Gasteiger partial charge in [-0.05, 0) is 31.2 Å². The summed E-state index contributed by atoms with van der Waals surface area (Å²) in [5.41, 5.74) is 1.27. The Balaban J connectivity index is 1.68. The third-order valence-electron chi connectivity index (χ3n) is 3.45. The monoisotopic (exact) mass is 336 g/mol. The first-order chi connectivity index (χ1) is 12.1. The molecule has 3 rings (SSSR count). The van der Waals surface area contributed by atoms with Gasteiger partial charge in [-0.3, -0.25) is 9.59 Å². The van der Waals surface area contributed by atoms with E-state index in [1.807, 2.05) is 6.07 Å². The molecule has 25 heavy (non-hydrogen) atoms. The van der Waals surface area contributed by atoms with Crippen LogP contribution in [0.4, 0.5) is 11.5 Å². The highest BCUT2D eigenvalue weighted by atomic mass is 16.3. The van der Waals surface area contributed by atoms with Crippen molar-refractivity contribution in [1.29, 1.82) is 0 Å².